The van der Waals surface area contributed by atoms with Gasteiger partial charge in [-0.25, -0.2) is 4.79 Å². The summed E-state index contributed by atoms with van der Waals surface area (Å²) in [5.41, 5.74) is 1.72. The maximum Gasteiger partial charge on any atom is 0.354 e. The molecule has 2 N–H and O–H groups in total. The van der Waals surface area contributed by atoms with Crippen LogP contribution in [0.3, 0.4) is 0 Å². The van der Waals surface area contributed by atoms with E-state index in [1.165, 1.54) is 26.2 Å². The second-order valence-electron chi connectivity index (χ2n) is 8.87. The lowest BCUT2D eigenvalue weighted by molar-refractivity contribution is -0.140. The highest BCUT2D eigenvalue weighted by atomic mass is 16.5. The van der Waals surface area contributed by atoms with Crippen molar-refractivity contribution >= 4 is 23.4 Å². The number of ketones is 1. The van der Waals surface area contributed by atoms with Gasteiger partial charge < -0.3 is 34.1 Å². The van der Waals surface area contributed by atoms with E-state index in [4.69, 9.17) is 14.2 Å². The Labute approximate surface area is 210 Å². The summed E-state index contributed by atoms with van der Waals surface area (Å²) < 4.78 is 15.8. The van der Waals surface area contributed by atoms with Gasteiger partial charge in [0.1, 0.15) is 23.0 Å². The lowest BCUT2D eigenvalue weighted by atomic mass is 9.93. The fraction of sp³-hybridized carbons (Fsp3) is 0.423. The van der Waals surface area contributed by atoms with Crippen LogP contribution in [0, 0.1) is 13.8 Å². The second-order valence-corrected chi connectivity index (χ2v) is 8.87. The average molecular weight is 500 g/mol. The van der Waals surface area contributed by atoms with Crippen LogP contribution in [-0.4, -0.2) is 86.1 Å². The number of nitrogens with zero attached hydrogens (tertiary/aromatic N) is 2. The zero-order valence-corrected chi connectivity index (χ0v) is 21.7. The summed E-state index contributed by atoms with van der Waals surface area (Å²) >= 11 is 0. The molecule has 10 heteroatoms. The van der Waals surface area contributed by atoms with Crippen molar-refractivity contribution in [3.8, 4) is 11.5 Å². The smallest absolute Gasteiger partial charge is 0.354 e. The number of ether oxygens (including phenoxy) is 3. The molecular formula is C26H33N3O7. The van der Waals surface area contributed by atoms with Gasteiger partial charge in [-0.1, -0.05) is 0 Å². The molecule has 36 heavy (non-hydrogen) atoms. The predicted molar refractivity (Wildman–Crippen MR) is 133 cm³/mol. The van der Waals surface area contributed by atoms with Gasteiger partial charge in [-0.05, 0) is 64.7 Å². The Morgan fingerprint density at radius 1 is 1.14 bits per heavy atom. The van der Waals surface area contributed by atoms with Crippen LogP contribution >= 0.6 is 0 Å². The van der Waals surface area contributed by atoms with E-state index in [1.807, 2.05) is 19.0 Å². The van der Waals surface area contributed by atoms with Crippen LogP contribution in [0.2, 0.25) is 0 Å². The molecule has 0 aliphatic carbocycles. The number of nitrogens with one attached hydrogen (secondary N) is 1. The fourth-order valence-electron chi connectivity index (χ4n) is 4.59. The van der Waals surface area contributed by atoms with Crippen LogP contribution in [0.15, 0.2) is 23.8 Å². The largest absolute Gasteiger partial charge is 0.507 e. The summed E-state index contributed by atoms with van der Waals surface area (Å²) in [6.07, 6.45) is 0.609. The first-order valence-corrected chi connectivity index (χ1v) is 11.5. The summed E-state index contributed by atoms with van der Waals surface area (Å²) in [7, 11) is 8.11. The maximum atomic E-state index is 13.4. The molecule has 1 atom stereocenters. The molecular weight excluding hydrogens is 466 g/mol. The number of hydrogen-bond acceptors (Lipinski definition) is 8. The average Bonchev–Trinajstić information content (AvgIpc) is 3.29. The number of aliphatic hydroxyl groups is 1. The SMILES string of the molecule is COC(=O)c1[nH]c(C)c(/C(O)=C2/C(=O)C(=O)N(CCCN(C)C)C2c2cc(OC)ccc2OC)c1C. The third-order valence-electron chi connectivity index (χ3n) is 6.34. The molecule has 0 spiro atoms. The normalized spacial score (nSPS) is 17.1. The first-order valence-electron chi connectivity index (χ1n) is 11.5. The number of carbonyl (C=O) groups excluding carboxylic acids is 3. The van der Waals surface area contributed by atoms with Crippen molar-refractivity contribution in [3.63, 3.8) is 0 Å². The van der Waals surface area contributed by atoms with Crippen molar-refractivity contribution in [1.29, 1.82) is 0 Å². The zero-order valence-electron chi connectivity index (χ0n) is 21.7. The Morgan fingerprint density at radius 3 is 2.42 bits per heavy atom. The van der Waals surface area contributed by atoms with Gasteiger partial charge >= 0.3 is 5.97 Å². The number of carbonyl (C=O) groups is 3. The number of aromatic nitrogens is 1. The molecule has 2 aromatic rings. The highest BCUT2D eigenvalue weighted by Gasteiger charge is 2.47. The fourth-order valence-corrected chi connectivity index (χ4v) is 4.59. The molecule has 1 saturated heterocycles. The van der Waals surface area contributed by atoms with E-state index in [0.29, 0.717) is 41.3 Å². The Kier molecular flexibility index (Phi) is 8.09. The van der Waals surface area contributed by atoms with Crippen LogP contribution < -0.4 is 9.47 Å². The lowest BCUT2D eigenvalue weighted by Gasteiger charge is -2.27. The molecule has 1 aliphatic heterocycles. The second kappa shape index (κ2) is 10.9. The van der Waals surface area contributed by atoms with Crippen LogP contribution in [0.25, 0.3) is 5.76 Å². The molecule has 1 amide bonds. The summed E-state index contributed by atoms with van der Waals surface area (Å²) in [4.78, 5) is 45.2. The van der Waals surface area contributed by atoms with Gasteiger partial charge in [-0.2, -0.15) is 0 Å². The number of benzene rings is 1. The molecule has 2 heterocycles. The Balaban J connectivity index is 2.27. The molecule has 3 rings (SSSR count). The van der Waals surface area contributed by atoms with Crippen molar-refractivity contribution in [3.05, 3.63) is 51.9 Å². The highest BCUT2D eigenvalue weighted by Crippen LogP contribution is 2.44. The van der Waals surface area contributed by atoms with Crippen LogP contribution in [0.5, 0.6) is 11.5 Å². The summed E-state index contributed by atoms with van der Waals surface area (Å²) in [6, 6.07) is 4.17. The van der Waals surface area contributed by atoms with Crippen LogP contribution in [0.4, 0.5) is 0 Å². The third-order valence-corrected chi connectivity index (χ3v) is 6.34. The Bertz CT molecular complexity index is 1210. The van der Waals surface area contributed by atoms with Crippen LogP contribution in [0.1, 0.15) is 45.3 Å². The van der Waals surface area contributed by atoms with Gasteiger partial charge in [0, 0.05) is 23.4 Å². The predicted octanol–water partition coefficient (Wildman–Crippen LogP) is 2.81. The number of aryl methyl sites for hydroxylation is 1. The first kappa shape index (κ1) is 26.8. The number of likely N-dealkylation sites (tertiary alicyclic amines) is 1. The molecule has 1 unspecified atom stereocenters. The number of Topliss-reactive ketones (excluding diaryl/α,β-unsaturated/α-hetero) is 1. The van der Waals surface area contributed by atoms with Gasteiger partial charge in [0.05, 0.1) is 32.9 Å². The van der Waals surface area contributed by atoms with E-state index >= 15 is 0 Å². The molecule has 1 fully saturated rings. The van der Waals surface area contributed by atoms with Crippen molar-refractivity contribution < 1.29 is 33.7 Å². The number of H-pyrrole nitrogens is 1. The van der Waals surface area contributed by atoms with E-state index in [2.05, 4.69) is 4.98 Å². The van der Waals surface area contributed by atoms with Crippen molar-refractivity contribution in [2.75, 3.05) is 48.5 Å². The van der Waals surface area contributed by atoms with E-state index in [1.54, 1.807) is 32.0 Å². The molecule has 0 bridgehead atoms. The number of aliphatic hydroxyl groups excluding tert-OH is 1. The summed E-state index contributed by atoms with van der Waals surface area (Å²) in [5.74, 6) is -1.57. The first-order chi connectivity index (χ1) is 17.1. The standard InChI is InChI=1S/C26H33N3O7/c1-14-19(15(2)27-21(14)26(33)36-7)23(30)20-22(17-13-16(34-5)9-10-18(17)35-6)29(25(32)24(20)31)12-8-11-28(3)4/h9-10,13,22,27,30H,8,11-12H2,1-7H3/b23-20-. The van der Waals surface area contributed by atoms with Crippen molar-refractivity contribution in [1.82, 2.24) is 14.8 Å². The number of amides is 1. The van der Waals surface area contributed by atoms with Crippen LogP contribution in [-0.2, 0) is 14.3 Å². The summed E-state index contributed by atoms with van der Waals surface area (Å²) in [5, 5.41) is 11.5. The lowest BCUT2D eigenvalue weighted by Crippen LogP contribution is -2.32. The molecule has 194 valence electrons. The van der Waals surface area contributed by atoms with E-state index < -0.39 is 23.7 Å². The minimum absolute atomic E-state index is 0.0852. The van der Waals surface area contributed by atoms with Gasteiger partial charge in [-0.15, -0.1) is 0 Å². The summed E-state index contributed by atoms with van der Waals surface area (Å²) in [6.45, 7) is 4.29. The molecule has 10 nitrogen and oxygen atoms in total. The van der Waals surface area contributed by atoms with Crippen molar-refractivity contribution in [2.45, 2.75) is 26.3 Å². The van der Waals surface area contributed by atoms with Crippen molar-refractivity contribution in [2.24, 2.45) is 0 Å². The minimum atomic E-state index is -0.924. The number of rotatable bonds is 9. The Hall–Kier alpha value is -3.79. The molecule has 0 radical (unpaired) electrons. The number of methoxy groups -OCH3 is 3. The topological polar surface area (TPSA) is 121 Å². The van der Waals surface area contributed by atoms with E-state index in [0.717, 1.165) is 0 Å². The van der Waals surface area contributed by atoms with Gasteiger partial charge in [-0.3, -0.25) is 9.59 Å². The van der Waals surface area contributed by atoms with Gasteiger partial charge in [0.2, 0.25) is 0 Å². The maximum absolute atomic E-state index is 13.4. The molecule has 1 aromatic carbocycles. The molecule has 1 aromatic heterocycles. The van der Waals surface area contributed by atoms with Gasteiger partial charge in [0.15, 0.2) is 0 Å². The zero-order chi connectivity index (χ0) is 26.7. The van der Waals surface area contributed by atoms with E-state index in [-0.39, 0.29) is 29.1 Å². The third kappa shape index (κ3) is 4.81. The number of aromatic amines is 1. The van der Waals surface area contributed by atoms with E-state index in [9.17, 15) is 19.5 Å². The number of esters is 1. The molecule has 1 aliphatic rings. The molecule has 0 saturated carbocycles. The number of hydrogen-bond donors (Lipinski definition) is 2. The van der Waals surface area contributed by atoms with Gasteiger partial charge in [0.25, 0.3) is 11.7 Å². The minimum Gasteiger partial charge on any atom is -0.507 e. The quantitative estimate of drug-likeness (QED) is 0.234. The monoisotopic (exact) mass is 499 g/mol. The highest BCUT2D eigenvalue weighted by molar-refractivity contribution is 6.46. The Morgan fingerprint density at radius 2 is 1.83 bits per heavy atom.